The molecule has 1 rings (SSSR count). The maximum absolute atomic E-state index is 11.0. The van der Waals surface area contributed by atoms with Crippen molar-refractivity contribution in [1.82, 2.24) is 0 Å². The Bertz CT molecular complexity index is 486. The van der Waals surface area contributed by atoms with E-state index in [9.17, 15) is 10.1 Å². The van der Waals surface area contributed by atoms with Crippen LogP contribution in [0.1, 0.15) is 25.8 Å². The van der Waals surface area contributed by atoms with Gasteiger partial charge in [0.1, 0.15) is 5.69 Å². The fourth-order valence-corrected chi connectivity index (χ4v) is 1.54. The van der Waals surface area contributed by atoms with E-state index in [1.807, 2.05) is 0 Å². The van der Waals surface area contributed by atoms with Crippen molar-refractivity contribution >= 4 is 17.2 Å². The minimum absolute atomic E-state index is 0.0899. The third-order valence-corrected chi connectivity index (χ3v) is 2.64. The average molecular weight is 266 g/mol. The zero-order valence-electron chi connectivity index (χ0n) is 11.0. The maximum atomic E-state index is 11.0. The summed E-state index contributed by atoms with van der Waals surface area (Å²) in [5.74, 6) is 0.361. The quantitative estimate of drug-likeness (QED) is 0.240. The molecule has 0 unspecified atom stereocenters. The lowest BCUT2D eigenvalue weighted by Crippen LogP contribution is -2.14. The predicted octanol–water partition coefficient (Wildman–Crippen LogP) is 2.15. The van der Waals surface area contributed by atoms with Crippen LogP contribution in [0, 0.1) is 16.0 Å². The van der Waals surface area contributed by atoms with Gasteiger partial charge in [-0.1, -0.05) is 19.0 Å². The van der Waals surface area contributed by atoms with Crippen LogP contribution in [0.5, 0.6) is 0 Å². The van der Waals surface area contributed by atoms with Crippen molar-refractivity contribution in [3.05, 3.63) is 33.9 Å². The van der Waals surface area contributed by atoms with Gasteiger partial charge in [0.15, 0.2) is 5.84 Å². The van der Waals surface area contributed by atoms with Crippen LogP contribution in [0.25, 0.3) is 0 Å². The largest absolute Gasteiger partial charge is 0.409 e. The molecule has 0 aromatic heterocycles. The highest BCUT2D eigenvalue weighted by molar-refractivity contribution is 5.98. The Labute approximate surface area is 111 Å². The molecule has 0 aliphatic rings. The summed E-state index contributed by atoms with van der Waals surface area (Å²) in [4.78, 5) is 10.5. The summed E-state index contributed by atoms with van der Waals surface area (Å²) in [5, 5.41) is 25.4. The molecule has 0 amide bonds. The summed E-state index contributed by atoms with van der Waals surface area (Å²) in [5.41, 5.74) is 6.06. The first-order valence-electron chi connectivity index (χ1n) is 5.96. The number of amidine groups is 1. The van der Waals surface area contributed by atoms with E-state index in [2.05, 4.69) is 24.3 Å². The highest BCUT2D eigenvalue weighted by Crippen LogP contribution is 2.25. The van der Waals surface area contributed by atoms with Crippen LogP contribution >= 0.6 is 0 Å². The van der Waals surface area contributed by atoms with Crippen molar-refractivity contribution in [2.75, 3.05) is 11.9 Å². The molecular formula is C12H18N4O3. The molecule has 1 aromatic rings. The molecule has 104 valence electrons. The molecule has 0 spiro atoms. The molecule has 4 N–H and O–H groups in total. The number of nitro groups is 1. The van der Waals surface area contributed by atoms with Gasteiger partial charge in [-0.15, -0.1) is 0 Å². The van der Waals surface area contributed by atoms with Crippen molar-refractivity contribution < 1.29 is 10.1 Å². The Morgan fingerprint density at radius 3 is 2.79 bits per heavy atom. The van der Waals surface area contributed by atoms with Gasteiger partial charge in [0.05, 0.1) is 4.92 Å². The summed E-state index contributed by atoms with van der Waals surface area (Å²) >= 11 is 0. The molecule has 0 radical (unpaired) electrons. The fraction of sp³-hybridized carbons (Fsp3) is 0.417. The number of nitro benzene ring substituents is 1. The van der Waals surface area contributed by atoms with Gasteiger partial charge in [0.25, 0.3) is 5.69 Å². The first kappa shape index (κ1) is 14.7. The second-order valence-corrected chi connectivity index (χ2v) is 4.58. The number of hydrogen-bond donors (Lipinski definition) is 3. The smallest absolute Gasteiger partial charge is 0.293 e. The third kappa shape index (κ3) is 4.13. The van der Waals surface area contributed by atoms with Gasteiger partial charge in [-0.2, -0.15) is 0 Å². The van der Waals surface area contributed by atoms with Crippen molar-refractivity contribution in [3.63, 3.8) is 0 Å². The van der Waals surface area contributed by atoms with E-state index in [-0.39, 0.29) is 11.5 Å². The third-order valence-electron chi connectivity index (χ3n) is 2.64. The van der Waals surface area contributed by atoms with E-state index in [0.717, 1.165) is 6.42 Å². The van der Waals surface area contributed by atoms with Gasteiger partial charge in [0.2, 0.25) is 0 Å². The molecule has 19 heavy (non-hydrogen) atoms. The number of nitrogens with two attached hydrogens (primary N) is 1. The molecule has 0 fully saturated rings. The van der Waals surface area contributed by atoms with E-state index in [0.29, 0.717) is 23.7 Å². The van der Waals surface area contributed by atoms with Crippen LogP contribution in [-0.4, -0.2) is 22.5 Å². The molecular weight excluding hydrogens is 248 g/mol. The number of nitrogens with one attached hydrogen (secondary N) is 1. The molecule has 0 saturated heterocycles. The zero-order valence-corrected chi connectivity index (χ0v) is 11.0. The molecule has 0 atom stereocenters. The Morgan fingerprint density at radius 2 is 2.26 bits per heavy atom. The maximum Gasteiger partial charge on any atom is 0.293 e. The normalized spacial score (nSPS) is 11.6. The van der Waals surface area contributed by atoms with Gasteiger partial charge in [-0.25, -0.2) is 0 Å². The highest BCUT2D eigenvalue weighted by atomic mass is 16.6. The van der Waals surface area contributed by atoms with E-state index >= 15 is 0 Å². The Hall–Kier alpha value is -2.31. The predicted molar refractivity (Wildman–Crippen MR) is 73.6 cm³/mol. The molecule has 0 bridgehead atoms. The van der Waals surface area contributed by atoms with Gasteiger partial charge < -0.3 is 16.3 Å². The number of nitrogens with zero attached hydrogens (tertiary/aromatic N) is 2. The molecule has 7 nitrogen and oxygen atoms in total. The van der Waals surface area contributed by atoms with Gasteiger partial charge in [-0.3, -0.25) is 10.1 Å². The lowest BCUT2D eigenvalue weighted by molar-refractivity contribution is -0.384. The summed E-state index contributed by atoms with van der Waals surface area (Å²) in [6, 6.07) is 4.42. The monoisotopic (exact) mass is 266 g/mol. The van der Waals surface area contributed by atoms with Crippen LogP contribution in [0.3, 0.4) is 0 Å². The van der Waals surface area contributed by atoms with E-state index < -0.39 is 4.92 Å². The minimum Gasteiger partial charge on any atom is -0.409 e. The summed E-state index contributed by atoms with van der Waals surface area (Å²) in [6.07, 6.45) is 0.916. The van der Waals surface area contributed by atoms with Crippen molar-refractivity contribution in [2.45, 2.75) is 20.3 Å². The second-order valence-electron chi connectivity index (χ2n) is 4.58. The van der Waals surface area contributed by atoms with Crippen molar-refractivity contribution in [1.29, 1.82) is 0 Å². The van der Waals surface area contributed by atoms with Crippen LogP contribution in [0.2, 0.25) is 0 Å². The highest BCUT2D eigenvalue weighted by Gasteiger charge is 2.15. The van der Waals surface area contributed by atoms with E-state index in [4.69, 9.17) is 10.9 Å². The topological polar surface area (TPSA) is 114 Å². The zero-order chi connectivity index (χ0) is 14.4. The lowest BCUT2D eigenvalue weighted by Gasteiger charge is -2.09. The van der Waals surface area contributed by atoms with E-state index in [1.165, 1.54) is 6.07 Å². The number of hydrogen-bond acceptors (Lipinski definition) is 5. The average Bonchev–Trinajstić information content (AvgIpc) is 2.37. The van der Waals surface area contributed by atoms with Crippen molar-refractivity contribution in [3.8, 4) is 0 Å². The molecule has 1 aromatic carbocycles. The molecule has 0 heterocycles. The Balaban J connectivity index is 2.95. The summed E-state index contributed by atoms with van der Waals surface area (Å²) in [7, 11) is 0. The fourth-order valence-electron chi connectivity index (χ4n) is 1.54. The number of benzene rings is 1. The van der Waals surface area contributed by atoms with Crippen molar-refractivity contribution in [2.24, 2.45) is 16.8 Å². The molecule has 0 saturated carbocycles. The van der Waals surface area contributed by atoms with E-state index in [1.54, 1.807) is 12.1 Å². The Kier molecular flexibility index (Phi) is 5.11. The van der Waals surface area contributed by atoms with Gasteiger partial charge in [-0.05, 0) is 24.5 Å². The first-order chi connectivity index (χ1) is 8.95. The number of oxime groups is 1. The number of rotatable bonds is 6. The van der Waals surface area contributed by atoms with Gasteiger partial charge >= 0.3 is 0 Å². The van der Waals surface area contributed by atoms with Crippen LogP contribution < -0.4 is 11.1 Å². The Morgan fingerprint density at radius 1 is 1.58 bits per heavy atom. The SMILES string of the molecule is CC(C)CCNc1ccc(/C(N)=N/O)cc1[N+](=O)[O-]. The summed E-state index contributed by atoms with van der Waals surface area (Å²) < 4.78 is 0. The summed E-state index contributed by atoms with van der Waals surface area (Å²) in [6.45, 7) is 4.82. The first-order valence-corrected chi connectivity index (χ1v) is 5.96. The van der Waals surface area contributed by atoms with Crippen LogP contribution in [-0.2, 0) is 0 Å². The standard InChI is InChI=1S/C12H18N4O3/c1-8(2)5-6-14-10-4-3-9(12(13)15-17)7-11(10)16(18)19/h3-4,7-8,14,17H,5-6H2,1-2H3,(H2,13,15). The second kappa shape index (κ2) is 6.58. The minimum atomic E-state index is -0.494. The van der Waals surface area contributed by atoms with Gasteiger partial charge in [0, 0.05) is 18.2 Å². The van der Waals surface area contributed by atoms with Crippen LogP contribution in [0.15, 0.2) is 23.4 Å². The molecule has 0 aliphatic carbocycles. The van der Waals surface area contributed by atoms with Crippen LogP contribution in [0.4, 0.5) is 11.4 Å². The molecule has 0 aliphatic heterocycles. The molecule has 7 heteroatoms. The number of anilines is 1. The lowest BCUT2D eigenvalue weighted by atomic mass is 10.1.